The summed E-state index contributed by atoms with van der Waals surface area (Å²) in [6.45, 7) is 2.98. The average molecular weight is 589 g/mol. The van der Waals surface area contributed by atoms with Crippen molar-refractivity contribution in [1.29, 1.82) is 5.26 Å². The van der Waals surface area contributed by atoms with Gasteiger partial charge in [-0.15, -0.1) is 5.10 Å². The van der Waals surface area contributed by atoms with E-state index in [4.69, 9.17) is 11.6 Å². The highest BCUT2D eigenvalue weighted by Crippen LogP contribution is 2.42. The van der Waals surface area contributed by atoms with E-state index in [1.807, 2.05) is 10.9 Å². The van der Waals surface area contributed by atoms with Gasteiger partial charge in [0.25, 0.3) is 0 Å². The maximum atomic E-state index is 13.9. The van der Waals surface area contributed by atoms with Crippen molar-refractivity contribution in [3.8, 4) is 6.07 Å². The molecule has 3 aromatic heterocycles. The molecule has 12 heteroatoms. The minimum atomic E-state index is -1.24. The molecule has 8 nitrogen and oxygen atoms in total. The van der Waals surface area contributed by atoms with Crippen LogP contribution in [0, 0.1) is 34.3 Å². The van der Waals surface area contributed by atoms with E-state index in [9.17, 15) is 18.4 Å². The zero-order valence-corrected chi connectivity index (χ0v) is 23.1. The van der Waals surface area contributed by atoms with Crippen molar-refractivity contribution < 1.29 is 13.2 Å². The fourth-order valence-electron chi connectivity index (χ4n) is 5.20. The molecule has 2 N–H and O–H groups in total. The second-order valence-corrected chi connectivity index (χ2v) is 11.2. The van der Waals surface area contributed by atoms with Crippen molar-refractivity contribution in [3.63, 3.8) is 0 Å². The van der Waals surface area contributed by atoms with Crippen LogP contribution in [-0.2, 0) is 6.54 Å². The van der Waals surface area contributed by atoms with Crippen LogP contribution >= 0.6 is 11.6 Å². The Bertz CT molecular complexity index is 1830. The minimum absolute atomic E-state index is 0.133. The summed E-state index contributed by atoms with van der Waals surface area (Å²) in [6, 6.07) is 12.0. The van der Waals surface area contributed by atoms with Crippen LogP contribution in [0.4, 0.5) is 30.2 Å². The van der Waals surface area contributed by atoms with Crippen LogP contribution in [0.5, 0.6) is 0 Å². The number of anilines is 3. The Morgan fingerprint density at radius 1 is 1.07 bits per heavy atom. The maximum Gasteiger partial charge on any atom is 0.249 e. The van der Waals surface area contributed by atoms with Crippen molar-refractivity contribution >= 4 is 39.6 Å². The quantitative estimate of drug-likeness (QED) is 0.183. The van der Waals surface area contributed by atoms with Gasteiger partial charge in [0.15, 0.2) is 5.82 Å². The Morgan fingerprint density at radius 2 is 1.86 bits per heavy atom. The third-order valence-corrected chi connectivity index (χ3v) is 7.87. The molecule has 3 heterocycles. The second kappa shape index (κ2) is 10.9. The van der Waals surface area contributed by atoms with Crippen molar-refractivity contribution in [1.82, 2.24) is 25.0 Å². The molecule has 5 aromatic rings. The largest absolute Gasteiger partial charge is 0.373 e. The van der Waals surface area contributed by atoms with Gasteiger partial charge in [-0.05, 0) is 48.1 Å². The Morgan fingerprint density at radius 3 is 2.55 bits per heavy atom. The van der Waals surface area contributed by atoms with Crippen LogP contribution in [-0.4, -0.2) is 25.0 Å². The van der Waals surface area contributed by atoms with E-state index in [0.29, 0.717) is 28.0 Å². The Kier molecular flexibility index (Phi) is 7.16. The van der Waals surface area contributed by atoms with Gasteiger partial charge in [0.05, 0.1) is 45.9 Å². The Hall–Kier alpha value is -4.69. The number of nitrogens with one attached hydrogen (secondary N) is 2. The van der Waals surface area contributed by atoms with Gasteiger partial charge in [-0.25, -0.2) is 13.8 Å². The maximum absolute atomic E-state index is 13.9. The SMILES string of the molecule is CC1(Cn2cc(C(Nc3cc(Cl)c4ncc(C#N)c(Nc5cnc(F)c(F)c5)c4c3)c3ccc(F)cc3)nn2)CCC1. The van der Waals surface area contributed by atoms with Gasteiger partial charge in [0.1, 0.15) is 17.6 Å². The molecule has 0 radical (unpaired) electrons. The first kappa shape index (κ1) is 27.5. The van der Waals surface area contributed by atoms with E-state index in [1.165, 1.54) is 24.8 Å². The molecule has 1 saturated carbocycles. The summed E-state index contributed by atoms with van der Waals surface area (Å²) >= 11 is 6.66. The molecule has 1 aliphatic carbocycles. The van der Waals surface area contributed by atoms with Crippen molar-refractivity contribution in [2.24, 2.45) is 5.41 Å². The first-order valence-electron chi connectivity index (χ1n) is 13.2. The molecule has 0 amide bonds. The number of halogens is 4. The number of hydrogen-bond acceptors (Lipinski definition) is 7. The highest BCUT2D eigenvalue weighted by atomic mass is 35.5. The van der Waals surface area contributed by atoms with Gasteiger partial charge in [-0.2, -0.15) is 9.65 Å². The van der Waals surface area contributed by atoms with E-state index in [2.05, 4.69) is 43.9 Å². The fraction of sp³-hybridized carbons (Fsp3) is 0.233. The highest BCUT2D eigenvalue weighted by molar-refractivity contribution is 6.36. The number of rotatable bonds is 8. The lowest BCUT2D eigenvalue weighted by Gasteiger charge is -2.37. The molecule has 6 rings (SSSR count). The highest BCUT2D eigenvalue weighted by Gasteiger charge is 2.33. The normalized spacial score (nSPS) is 14.7. The number of fused-ring (bicyclic) bond motifs is 1. The van der Waals surface area contributed by atoms with Crippen molar-refractivity contribution in [3.05, 3.63) is 100 Å². The van der Waals surface area contributed by atoms with E-state index in [1.54, 1.807) is 24.3 Å². The molecule has 0 saturated heterocycles. The molecule has 42 heavy (non-hydrogen) atoms. The summed E-state index contributed by atoms with van der Waals surface area (Å²) in [6.07, 6.45) is 7.81. The topological polar surface area (TPSA) is 104 Å². The molecule has 0 aliphatic heterocycles. The molecule has 1 fully saturated rings. The molecule has 0 bridgehead atoms. The van der Waals surface area contributed by atoms with Crippen LogP contribution in [0.2, 0.25) is 5.02 Å². The third-order valence-electron chi connectivity index (χ3n) is 7.58. The second-order valence-electron chi connectivity index (χ2n) is 10.8. The van der Waals surface area contributed by atoms with Gasteiger partial charge in [-0.3, -0.25) is 9.67 Å². The van der Waals surface area contributed by atoms with E-state index < -0.39 is 17.8 Å². The van der Waals surface area contributed by atoms with Crippen LogP contribution in [0.25, 0.3) is 10.9 Å². The zero-order valence-electron chi connectivity index (χ0n) is 22.4. The summed E-state index contributed by atoms with van der Waals surface area (Å²) in [7, 11) is 0. The summed E-state index contributed by atoms with van der Waals surface area (Å²) in [5.74, 6) is -2.75. The molecular weight excluding hydrogens is 565 g/mol. The standard InChI is InChI=1S/C30H24ClF3N8/c1-30(7-2-8-30)16-42-15-25(40-41-42)27(17-3-5-19(32)6-4-17)38-20-9-22-26(39-21-11-24(33)29(34)37-14-21)18(12-35)13-36-28(22)23(31)10-20/h3-6,9-11,13-15,27,38H,2,7-8,16H2,1H3,(H,36,39). The number of nitriles is 1. The van der Waals surface area contributed by atoms with Gasteiger partial charge < -0.3 is 10.6 Å². The van der Waals surface area contributed by atoms with Gasteiger partial charge in [0.2, 0.25) is 5.95 Å². The number of aromatic nitrogens is 5. The van der Waals surface area contributed by atoms with Crippen LogP contribution < -0.4 is 10.6 Å². The predicted molar refractivity (Wildman–Crippen MR) is 153 cm³/mol. The number of nitrogens with zero attached hydrogens (tertiary/aromatic N) is 6. The molecule has 212 valence electrons. The lowest BCUT2D eigenvalue weighted by atomic mass is 9.70. The van der Waals surface area contributed by atoms with Gasteiger partial charge in [-0.1, -0.05) is 42.3 Å². The summed E-state index contributed by atoms with van der Waals surface area (Å²) in [4.78, 5) is 7.75. The zero-order chi connectivity index (χ0) is 29.4. The van der Waals surface area contributed by atoms with E-state index in [0.717, 1.165) is 37.2 Å². The van der Waals surface area contributed by atoms with Crippen LogP contribution in [0.15, 0.2) is 61.1 Å². The number of pyridine rings is 2. The third kappa shape index (κ3) is 5.45. The van der Waals surface area contributed by atoms with Crippen molar-refractivity contribution in [2.75, 3.05) is 10.6 Å². The summed E-state index contributed by atoms with van der Waals surface area (Å²) < 4.78 is 43.0. The lowest BCUT2D eigenvalue weighted by molar-refractivity contribution is 0.125. The molecule has 0 spiro atoms. The lowest BCUT2D eigenvalue weighted by Crippen LogP contribution is -2.30. The summed E-state index contributed by atoms with van der Waals surface area (Å²) in [5, 5.41) is 25.7. The van der Waals surface area contributed by atoms with Crippen LogP contribution in [0.1, 0.15) is 49.0 Å². The van der Waals surface area contributed by atoms with Gasteiger partial charge >= 0.3 is 0 Å². The minimum Gasteiger partial charge on any atom is -0.373 e. The monoisotopic (exact) mass is 588 g/mol. The van der Waals surface area contributed by atoms with E-state index >= 15 is 0 Å². The number of hydrogen-bond donors (Lipinski definition) is 2. The van der Waals surface area contributed by atoms with E-state index in [-0.39, 0.29) is 27.5 Å². The molecule has 2 aromatic carbocycles. The first-order valence-corrected chi connectivity index (χ1v) is 13.6. The van der Waals surface area contributed by atoms with Crippen LogP contribution in [0.3, 0.4) is 0 Å². The first-order chi connectivity index (χ1) is 20.2. The fourth-order valence-corrected chi connectivity index (χ4v) is 5.47. The Balaban J connectivity index is 1.40. The molecule has 1 aliphatic rings. The van der Waals surface area contributed by atoms with Crippen molar-refractivity contribution in [2.45, 2.75) is 38.8 Å². The van der Waals surface area contributed by atoms with Gasteiger partial charge in [0, 0.05) is 29.9 Å². The number of benzene rings is 2. The average Bonchev–Trinajstić information content (AvgIpc) is 3.41. The smallest absolute Gasteiger partial charge is 0.249 e. The summed E-state index contributed by atoms with van der Waals surface area (Å²) in [5.41, 5.74) is 3.06. The Labute approximate surface area is 244 Å². The molecule has 1 atom stereocenters. The predicted octanol–water partition coefficient (Wildman–Crippen LogP) is 7.30. The molecule has 1 unspecified atom stereocenters. The molecular formula is C30H24ClF3N8.